The standard InChI is InChI=1S/C14H22N2O3/c1-8(2)12(17)7-15-13(18)6-9(3)14-10(4)16-19-11(14)5/h8-9H,6-7H2,1-5H3,(H,15,18). The van der Waals surface area contributed by atoms with E-state index in [1.807, 2.05) is 34.6 Å². The summed E-state index contributed by atoms with van der Waals surface area (Å²) >= 11 is 0. The molecule has 0 saturated heterocycles. The highest BCUT2D eigenvalue weighted by atomic mass is 16.5. The minimum atomic E-state index is -0.124. The van der Waals surface area contributed by atoms with E-state index in [1.165, 1.54) is 0 Å². The van der Waals surface area contributed by atoms with E-state index in [1.54, 1.807) is 0 Å². The number of amides is 1. The first-order valence-electron chi connectivity index (χ1n) is 6.55. The first kappa shape index (κ1) is 15.4. The van der Waals surface area contributed by atoms with Crippen LogP contribution in [0.5, 0.6) is 0 Å². The molecule has 0 aromatic carbocycles. The fraction of sp³-hybridized carbons (Fsp3) is 0.643. The molecule has 0 spiro atoms. The molecule has 1 aromatic heterocycles. The largest absolute Gasteiger partial charge is 0.361 e. The molecule has 5 heteroatoms. The Morgan fingerprint density at radius 1 is 1.26 bits per heavy atom. The number of aromatic nitrogens is 1. The van der Waals surface area contributed by atoms with Crippen molar-refractivity contribution in [1.82, 2.24) is 10.5 Å². The topological polar surface area (TPSA) is 72.2 Å². The number of Topliss-reactive ketones (excluding diaryl/α,β-unsaturated/α-hetero) is 1. The number of rotatable bonds is 6. The molecule has 0 radical (unpaired) electrons. The molecule has 106 valence electrons. The molecule has 1 N–H and O–H groups in total. The van der Waals surface area contributed by atoms with E-state index < -0.39 is 0 Å². The lowest BCUT2D eigenvalue weighted by Crippen LogP contribution is -2.32. The molecule has 1 unspecified atom stereocenters. The van der Waals surface area contributed by atoms with Crippen LogP contribution in [0.25, 0.3) is 0 Å². The van der Waals surface area contributed by atoms with Gasteiger partial charge in [-0.2, -0.15) is 0 Å². The Kier molecular flexibility index (Phi) is 5.27. The monoisotopic (exact) mass is 266 g/mol. The fourth-order valence-corrected chi connectivity index (χ4v) is 2.04. The summed E-state index contributed by atoms with van der Waals surface area (Å²) in [7, 11) is 0. The van der Waals surface area contributed by atoms with Gasteiger partial charge in [-0.25, -0.2) is 0 Å². The SMILES string of the molecule is Cc1noc(C)c1C(C)CC(=O)NCC(=O)C(C)C. The third-order valence-electron chi connectivity index (χ3n) is 3.18. The van der Waals surface area contributed by atoms with E-state index >= 15 is 0 Å². The van der Waals surface area contributed by atoms with Crippen molar-refractivity contribution < 1.29 is 14.1 Å². The summed E-state index contributed by atoms with van der Waals surface area (Å²) in [5.74, 6) is 0.636. The zero-order chi connectivity index (χ0) is 14.6. The first-order chi connectivity index (χ1) is 8.82. The summed E-state index contributed by atoms with van der Waals surface area (Å²) in [5, 5.41) is 6.54. The molecule has 5 nitrogen and oxygen atoms in total. The average molecular weight is 266 g/mol. The highest BCUT2D eigenvalue weighted by Crippen LogP contribution is 2.25. The highest BCUT2D eigenvalue weighted by molar-refractivity contribution is 5.87. The maximum Gasteiger partial charge on any atom is 0.220 e. The van der Waals surface area contributed by atoms with Crippen LogP contribution in [0.15, 0.2) is 4.52 Å². The van der Waals surface area contributed by atoms with Crippen LogP contribution in [-0.4, -0.2) is 23.4 Å². The Morgan fingerprint density at radius 2 is 1.89 bits per heavy atom. The van der Waals surface area contributed by atoms with Crippen molar-refractivity contribution in [3.63, 3.8) is 0 Å². The minimum absolute atomic E-state index is 0.0282. The number of ketones is 1. The molecule has 0 aliphatic rings. The number of carbonyl (C=O) groups excluding carboxylic acids is 2. The van der Waals surface area contributed by atoms with Crippen molar-refractivity contribution in [2.24, 2.45) is 5.92 Å². The Hall–Kier alpha value is -1.65. The lowest BCUT2D eigenvalue weighted by molar-refractivity contribution is -0.126. The number of nitrogens with one attached hydrogen (secondary N) is 1. The molecule has 1 atom stereocenters. The van der Waals surface area contributed by atoms with Gasteiger partial charge in [-0.1, -0.05) is 25.9 Å². The van der Waals surface area contributed by atoms with Gasteiger partial charge in [-0.15, -0.1) is 0 Å². The number of nitrogens with zero attached hydrogens (tertiary/aromatic N) is 1. The van der Waals surface area contributed by atoms with Gasteiger partial charge in [-0.3, -0.25) is 9.59 Å². The average Bonchev–Trinajstić information content (AvgIpc) is 2.65. The predicted octanol–water partition coefficient (Wildman–Crippen LogP) is 2.13. The molecular weight excluding hydrogens is 244 g/mol. The minimum Gasteiger partial charge on any atom is -0.361 e. The van der Waals surface area contributed by atoms with Crippen molar-refractivity contribution in [1.29, 1.82) is 0 Å². The maximum absolute atomic E-state index is 11.8. The van der Waals surface area contributed by atoms with E-state index in [-0.39, 0.29) is 30.1 Å². The molecule has 1 heterocycles. The van der Waals surface area contributed by atoms with Gasteiger partial charge < -0.3 is 9.84 Å². The molecule has 0 bridgehead atoms. The van der Waals surface area contributed by atoms with Gasteiger partial charge in [0.05, 0.1) is 12.2 Å². The van der Waals surface area contributed by atoms with Gasteiger partial charge in [0.15, 0.2) is 5.78 Å². The molecule has 19 heavy (non-hydrogen) atoms. The normalized spacial score (nSPS) is 12.5. The lowest BCUT2D eigenvalue weighted by Gasteiger charge is -2.11. The molecular formula is C14H22N2O3. The van der Waals surface area contributed by atoms with Crippen LogP contribution in [0.3, 0.4) is 0 Å². The van der Waals surface area contributed by atoms with Gasteiger partial charge in [0, 0.05) is 17.9 Å². The van der Waals surface area contributed by atoms with Crippen LogP contribution < -0.4 is 5.32 Å². The van der Waals surface area contributed by atoms with Crippen LogP contribution in [0.1, 0.15) is 50.1 Å². The second-order valence-corrected chi connectivity index (χ2v) is 5.24. The van der Waals surface area contributed by atoms with Crippen molar-refractivity contribution in [3.8, 4) is 0 Å². The molecule has 1 amide bonds. The molecule has 0 aliphatic carbocycles. The van der Waals surface area contributed by atoms with Crippen LogP contribution in [0, 0.1) is 19.8 Å². The number of carbonyl (C=O) groups is 2. The molecule has 0 saturated carbocycles. The Balaban J connectivity index is 2.51. The van der Waals surface area contributed by atoms with Gasteiger partial charge in [-0.05, 0) is 19.8 Å². The van der Waals surface area contributed by atoms with E-state index in [4.69, 9.17) is 4.52 Å². The molecule has 1 rings (SSSR count). The summed E-state index contributed by atoms with van der Waals surface area (Å²) in [6.45, 7) is 9.40. The molecule has 1 aromatic rings. The van der Waals surface area contributed by atoms with Gasteiger partial charge >= 0.3 is 0 Å². The zero-order valence-corrected chi connectivity index (χ0v) is 12.2. The van der Waals surface area contributed by atoms with Crippen molar-refractivity contribution >= 4 is 11.7 Å². The van der Waals surface area contributed by atoms with Crippen molar-refractivity contribution in [3.05, 3.63) is 17.0 Å². The maximum atomic E-state index is 11.8. The quantitative estimate of drug-likeness (QED) is 0.856. The number of hydrogen-bond donors (Lipinski definition) is 1. The van der Waals surface area contributed by atoms with E-state index in [9.17, 15) is 9.59 Å². The van der Waals surface area contributed by atoms with Crippen molar-refractivity contribution in [2.75, 3.05) is 6.54 Å². The van der Waals surface area contributed by atoms with E-state index in [2.05, 4.69) is 10.5 Å². The summed E-state index contributed by atoms with van der Waals surface area (Å²) in [6, 6.07) is 0. The third kappa shape index (κ3) is 4.19. The van der Waals surface area contributed by atoms with Gasteiger partial charge in [0.1, 0.15) is 5.76 Å². The van der Waals surface area contributed by atoms with Crippen LogP contribution in [0.2, 0.25) is 0 Å². The zero-order valence-electron chi connectivity index (χ0n) is 12.2. The van der Waals surface area contributed by atoms with E-state index in [0.717, 1.165) is 17.0 Å². The fourth-order valence-electron chi connectivity index (χ4n) is 2.04. The van der Waals surface area contributed by atoms with Crippen LogP contribution >= 0.6 is 0 Å². The summed E-state index contributed by atoms with van der Waals surface area (Å²) in [6.07, 6.45) is 0.328. The smallest absolute Gasteiger partial charge is 0.220 e. The molecule has 0 aliphatic heterocycles. The number of aryl methyl sites for hydroxylation is 2. The second-order valence-electron chi connectivity index (χ2n) is 5.24. The highest BCUT2D eigenvalue weighted by Gasteiger charge is 2.19. The van der Waals surface area contributed by atoms with Crippen LogP contribution in [-0.2, 0) is 9.59 Å². The molecule has 0 fully saturated rings. The summed E-state index contributed by atoms with van der Waals surface area (Å²) in [5.41, 5.74) is 1.79. The predicted molar refractivity (Wildman–Crippen MR) is 71.9 cm³/mol. The van der Waals surface area contributed by atoms with Crippen LogP contribution in [0.4, 0.5) is 0 Å². The summed E-state index contributed by atoms with van der Waals surface area (Å²) < 4.78 is 5.09. The summed E-state index contributed by atoms with van der Waals surface area (Å²) in [4.78, 5) is 23.2. The lowest BCUT2D eigenvalue weighted by atomic mass is 9.96. The third-order valence-corrected chi connectivity index (χ3v) is 3.18. The van der Waals surface area contributed by atoms with Gasteiger partial charge in [0.2, 0.25) is 5.91 Å². The Labute approximate surface area is 113 Å². The first-order valence-corrected chi connectivity index (χ1v) is 6.55. The van der Waals surface area contributed by atoms with E-state index in [0.29, 0.717) is 6.42 Å². The number of hydrogen-bond acceptors (Lipinski definition) is 4. The Bertz CT molecular complexity index is 444. The van der Waals surface area contributed by atoms with Crippen molar-refractivity contribution in [2.45, 2.75) is 47.0 Å². The Morgan fingerprint density at radius 3 is 2.37 bits per heavy atom. The van der Waals surface area contributed by atoms with Gasteiger partial charge in [0.25, 0.3) is 0 Å². The second kappa shape index (κ2) is 6.50.